The summed E-state index contributed by atoms with van der Waals surface area (Å²) in [7, 11) is 0. The van der Waals surface area contributed by atoms with E-state index in [1.807, 2.05) is 31.2 Å². The van der Waals surface area contributed by atoms with Gasteiger partial charge in [0, 0.05) is 16.3 Å². The highest BCUT2D eigenvalue weighted by Gasteiger charge is 2.47. The van der Waals surface area contributed by atoms with Gasteiger partial charge in [-0.25, -0.2) is 4.79 Å². The minimum Gasteiger partial charge on any atom is -0.464 e. The topological polar surface area (TPSA) is 55.4 Å². The van der Waals surface area contributed by atoms with Gasteiger partial charge in [-0.05, 0) is 31.0 Å². The van der Waals surface area contributed by atoms with E-state index in [0.717, 1.165) is 10.0 Å². The van der Waals surface area contributed by atoms with Crippen LogP contribution in [0.5, 0.6) is 0 Å². The SMILES string of the molecule is CCOC(=O)C1NC(=O)CC1(C)Cc1ccc(Br)cc1. The van der Waals surface area contributed by atoms with Crippen LogP contribution < -0.4 is 5.32 Å². The molecule has 1 heterocycles. The lowest BCUT2D eigenvalue weighted by atomic mass is 9.77. The first-order valence-corrected chi connectivity index (χ1v) is 7.44. The maximum absolute atomic E-state index is 12.0. The molecular weight excluding hydrogens is 322 g/mol. The number of hydrogen-bond acceptors (Lipinski definition) is 3. The van der Waals surface area contributed by atoms with Crippen molar-refractivity contribution in [2.75, 3.05) is 6.61 Å². The molecule has 1 fully saturated rings. The molecule has 0 bridgehead atoms. The molecule has 0 saturated carbocycles. The molecule has 1 N–H and O–H groups in total. The molecule has 5 heteroatoms. The van der Waals surface area contributed by atoms with E-state index in [-0.39, 0.29) is 11.9 Å². The zero-order valence-corrected chi connectivity index (χ0v) is 13.2. The third-order valence-corrected chi connectivity index (χ3v) is 4.14. The summed E-state index contributed by atoms with van der Waals surface area (Å²) in [5.41, 5.74) is 0.651. The van der Waals surface area contributed by atoms with Crippen LogP contribution in [0.15, 0.2) is 28.7 Å². The number of amides is 1. The summed E-state index contributed by atoms with van der Waals surface area (Å²) in [4.78, 5) is 23.7. The third kappa shape index (κ3) is 3.20. The molecule has 1 aromatic rings. The fraction of sp³-hybridized carbons (Fsp3) is 0.467. The van der Waals surface area contributed by atoms with E-state index in [9.17, 15) is 9.59 Å². The molecule has 0 aromatic heterocycles. The Hall–Kier alpha value is -1.36. The van der Waals surface area contributed by atoms with Crippen molar-refractivity contribution in [1.29, 1.82) is 0 Å². The van der Waals surface area contributed by atoms with Crippen LogP contribution in [0.4, 0.5) is 0 Å². The average molecular weight is 340 g/mol. The molecule has 20 heavy (non-hydrogen) atoms. The van der Waals surface area contributed by atoms with Crippen LogP contribution in [0.1, 0.15) is 25.8 Å². The minimum absolute atomic E-state index is 0.0948. The predicted octanol–water partition coefficient (Wildman–Crippen LogP) is 2.45. The number of hydrogen-bond donors (Lipinski definition) is 1. The molecule has 1 saturated heterocycles. The molecule has 0 aliphatic carbocycles. The Morgan fingerprint density at radius 1 is 1.45 bits per heavy atom. The number of halogens is 1. The van der Waals surface area contributed by atoms with Gasteiger partial charge >= 0.3 is 5.97 Å². The van der Waals surface area contributed by atoms with E-state index in [2.05, 4.69) is 21.2 Å². The second-order valence-corrected chi connectivity index (χ2v) is 6.30. The summed E-state index contributed by atoms with van der Waals surface area (Å²) in [5.74, 6) is -0.444. The normalized spacial score (nSPS) is 25.4. The van der Waals surface area contributed by atoms with Crippen molar-refractivity contribution in [3.8, 4) is 0 Å². The van der Waals surface area contributed by atoms with Crippen molar-refractivity contribution >= 4 is 27.8 Å². The van der Waals surface area contributed by atoms with Gasteiger partial charge in [0.15, 0.2) is 0 Å². The molecular formula is C15H18BrNO3. The maximum atomic E-state index is 12.0. The number of rotatable bonds is 4. The number of esters is 1. The van der Waals surface area contributed by atoms with Crippen LogP contribution in [0.25, 0.3) is 0 Å². The number of nitrogens with one attached hydrogen (secondary N) is 1. The van der Waals surface area contributed by atoms with Crippen molar-refractivity contribution in [3.05, 3.63) is 34.3 Å². The van der Waals surface area contributed by atoms with E-state index in [4.69, 9.17) is 4.74 Å². The van der Waals surface area contributed by atoms with Gasteiger partial charge in [-0.1, -0.05) is 35.0 Å². The van der Waals surface area contributed by atoms with Crippen LogP contribution in [0.3, 0.4) is 0 Å². The molecule has 108 valence electrons. The predicted molar refractivity (Wildman–Crippen MR) is 79.1 cm³/mol. The standard InChI is InChI=1S/C15H18BrNO3/c1-3-20-14(19)13-15(2,9-12(18)17-13)8-10-4-6-11(16)7-5-10/h4-7,13H,3,8-9H2,1-2H3,(H,17,18). The molecule has 1 aliphatic rings. The lowest BCUT2D eigenvalue weighted by Gasteiger charge is -2.28. The summed E-state index contributed by atoms with van der Waals surface area (Å²) >= 11 is 3.40. The Kier molecular flexibility index (Phi) is 4.48. The zero-order valence-electron chi connectivity index (χ0n) is 11.6. The first-order chi connectivity index (χ1) is 9.44. The minimum atomic E-state index is -0.571. The second-order valence-electron chi connectivity index (χ2n) is 5.39. The number of carbonyl (C=O) groups excluding carboxylic acids is 2. The Labute approximate surface area is 127 Å². The van der Waals surface area contributed by atoms with Crippen LogP contribution in [0, 0.1) is 5.41 Å². The van der Waals surface area contributed by atoms with E-state index in [1.165, 1.54) is 0 Å². The molecule has 0 radical (unpaired) electrons. The number of benzene rings is 1. The van der Waals surface area contributed by atoms with Gasteiger partial charge in [0.1, 0.15) is 6.04 Å². The molecule has 2 unspecified atom stereocenters. The molecule has 1 aromatic carbocycles. The first kappa shape index (κ1) is 15.0. The molecule has 0 spiro atoms. The Bertz CT molecular complexity index is 514. The van der Waals surface area contributed by atoms with E-state index >= 15 is 0 Å². The molecule has 2 atom stereocenters. The molecule has 1 amide bonds. The highest BCUT2D eigenvalue weighted by atomic mass is 79.9. The van der Waals surface area contributed by atoms with Crippen molar-refractivity contribution < 1.29 is 14.3 Å². The average Bonchev–Trinajstić information content (AvgIpc) is 2.68. The fourth-order valence-electron chi connectivity index (χ4n) is 2.66. The lowest BCUT2D eigenvalue weighted by molar-refractivity contribution is -0.148. The van der Waals surface area contributed by atoms with E-state index in [1.54, 1.807) is 6.92 Å². The Morgan fingerprint density at radius 3 is 2.70 bits per heavy atom. The fourth-order valence-corrected chi connectivity index (χ4v) is 2.92. The smallest absolute Gasteiger partial charge is 0.329 e. The summed E-state index contributed by atoms with van der Waals surface area (Å²) in [6.07, 6.45) is 0.995. The maximum Gasteiger partial charge on any atom is 0.329 e. The monoisotopic (exact) mass is 339 g/mol. The Morgan fingerprint density at radius 2 is 2.10 bits per heavy atom. The first-order valence-electron chi connectivity index (χ1n) is 6.65. The number of ether oxygens (including phenoxy) is 1. The second kappa shape index (κ2) is 5.95. The zero-order chi connectivity index (χ0) is 14.8. The van der Waals surface area contributed by atoms with Gasteiger partial charge < -0.3 is 10.1 Å². The quantitative estimate of drug-likeness (QED) is 0.857. The van der Waals surface area contributed by atoms with Crippen LogP contribution in [-0.2, 0) is 20.7 Å². The van der Waals surface area contributed by atoms with Gasteiger partial charge in [0.05, 0.1) is 6.61 Å². The highest BCUT2D eigenvalue weighted by molar-refractivity contribution is 9.10. The van der Waals surface area contributed by atoms with E-state index < -0.39 is 11.5 Å². The van der Waals surface area contributed by atoms with Crippen molar-refractivity contribution in [1.82, 2.24) is 5.32 Å². The molecule has 4 nitrogen and oxygen atoms in total. The van der Waals surface area contributed by atoms with Crippen LogP contribution in [-0.4, -0.2) is 24.5 Å². The third-order valence-electron chi connectivity index (χ3n) is 3.61. The lowest BCUT2D eigenvalue weighted by Crippen LogP contribution is -2.44. The van der Waals surface area contributed by atoms with Crippen molar-refractivity contribution in [3.63, 3.8) is 0 Å². The van der Waals surface area contributed by atoms with Crippen molar-refractivity contribution in [2.24, 2.45) is 5.41 Å². The largest absolute Gasteiger partial charge is 0.464 e. The summed E-state index contributed by atoms with van der Waals surface area (Å²) in [5, 5.41) is 2.74. The van der Waals surface area contributed by atoms with Gasteiger partial charge in [0.25, 0.3) is 0 Å². The van der Waals surface area contributed by atoms with Gasteiger partial charge in [-0.3, -0.25) is 4.79 Å². The van der Waals surface area contributed by atoms with Crippen LogP contribution >= 0.6 is 15.9 Å². The van der Waals surface area contributed by atoms with Gasteiger partial charge in [0.2, 0.25) is 5.91 Å². The van der Waals surface area contributed by atoms with Crippen molar-refractivity contribution in [2.45, 2.75) is 32.7 Å². The highest BCUT2D eigenvalue weighted by Crippen LogP contribution is 2.36. The summed E-state index contributed by atoms with van der Waals surface area (Å²) < 4.78 is 6.07. The summed E-state index contributed by atoms with van der Waals surface area (Å²) in [6.45, 7) is 4.04. The van der Waals surface area contributed by atoms with E-state index in [0.29, 0.717) is 19.4 Å². The Balaban J connectivity index is 2.19. The molecule has 2 rings (SSSR count). The van der Waals surface area contributed by atoms with Crippen LogP contribution in [0.2, 0.25) is 0 Å². The summed E-state index contributed by atoms with van der Waals surface area (Å²) in [6, 6.07) is 7.35. The number of carbonyl (C=O) groups is 2. The van der Waals surface area contributed by atoms with Gasteiger partial charge in [-0.2, -0.15) is 0 Å². The van der Waals surface area contributed by atoms with Gasteiger partial charge in [-0.15, -0.1) is 0 Å². The molecule has 1 aliphatic heterocycles.